The van der Waals surface area contributed by atoms with Crippen LogP contribution in [0.3, 0.4) is 0 Å². The molecule has 0 N–H and O–H groups in total. The summed E-state index contributed by atoms with van der Waals surface area (Å²) in [6.07, 6.45) is 20.8. The molecule has 2 rings (SSSR count). The van der Waals surface area contributed by atoms with Gasteiger partial charge in [0.05, 0.1) is 17.4 Å². The fraction of sp³-hybridized carbons (Fsp3) is 0.923. The summed E-state index contributed by atoms with van der Waals surface area (Å²) in [7, 11) is 0. The molecule has 3 nitrogen and oxygen atoms in total. The van der Waals surface area contributed by atoms with Gasteiger partial charge in [0, 0.05) is 0 Å². The molecule has 2 aliphatic rings. The van der Waals surface area contributed by atoms with E-state index in [4.69, 9.17) is 4.74 Å². The highest BCUT2D eigenvalue weighted by Crippen LogP contribution is 2.43. The molecular formula is C26H45NO2. The fourth-order valence-corrected chi connectivity index (χ4v) is 5.37. The summed E-state index contributed by atoms with van der Waals surface area (Å²) in [6.45, 7) is 4.48. The Kier molecular flexibility index (Phi) is 11.1. The predicted octanol–water partition coefficient (Wildman–Crippen LogP) is 7.73. The summed E-state index contributed by atoms with van der Waals surface area (Å²) >= 11 is 0. The van der Waals surface area contributed by atoms with Gasteiger partial charge in [-0.3, -0.25) is 4.79 Å². The first kappa shape index (κ1) is 24.2. The van der Waals surface area contributed by atoms with Crippen molar-refractivity contribution in [2.75, 3.05) is 0 Å². The minimum Gasteiger partial charge on any atom is -0.462 e. The second-order valence-corrected chi connectivity index (χ2v) is 9.91. The zero-order chi connectivity index (χ0) is 21.0. The highest BCUT2D eigenvalue weighted by Gasteiger charge is 2.38. The van der Waals surface area contributed by atoms with Crippen molar-refractivity contribution < 1.29 is 9.53 Å². The maximum absolute atomic E-state index is 12.7. The molecular weight excluding hydrogens is 358 g/mol. The second kappa shape index (κ2) is 13.3. The van der Waals surface area contributed by atoms with Gasteiger partial charge in [-0.25, -0.2) is 0 Å². The molecule has 2 fully saturated rings. The van der Waals surface area contributed by atoms with Crippen molar-refractivity contribution in [3.8, 4) is 6.07 Å². The van der Waals surface area contributed by atoms with E-state index in [0.29, 0.717) is 0 Å². The number of carbonyl (C=O) groups excluding carboxylic acids is 1. The molecule has 166 valence electrons. The van der Waals surface area contributed by atoms with Crippen LogP contribution in [0.1, 0.15) is 129 Å². The molecule has 0 unspecified atom stereocenters. The molecule has 0 aromatic rings. The van der Waals surface area contributed by atoms with Gasteiger partial charge < -0.3 is 4.74 Å². The Morgan fingerprint density at radius 2 is 1.52 bits per heavy atom. The third-order valence-electron chi connectivity index (χ3n) is 7.56. The molecule has 0 aliphatic heterocycles. The Morgan fingerprint density at radius 3 is 2.10 bits per heavy atom. The Morgan fingerprint density at radius 1 is 0.897 bits per heavy atom. The Balaban J connectivity index is 1.65. The van der Waals surface area contributed by atoms with Gasteiger partial charge >= 0.3 is 5.97 Å². The first-order valence-corrected chi connectivity index (χ1v) is 12.7. The van der Waals surface area contributed by atoms with Gasteiger partial charge in [-0.2, -0.15) is 5.26 Å². The van der Waals surface area contributed by atoms with E-state index in [0.717, 1.165) is 57.3 Å². The molecule has 0 bridgehead atoms. The molecule has 0 spiro atoms. The van der Waals surface area contributed by atoms with Crippen molar-refractivity contribution in [1.29, 1.82) is 5.26 Å². The predicted molar refractivity (Wildman–Crippen MR) is 119 cm³/mol. The highest BCUT2D eigenvalue weighted by molar-refractivity contribution is 5.72. The number of nitriles is 1. The lowest BCUT2D eigenvalue weighted by Crippen LogP contribution is -2.33. The zero-order valence-electron chi connectivity index (χ0n) is 19.2. The monoisotopic (exact) mass is 403 g/mol. The van der Waals surface area contributed by atoms with Crippen LogP contribution in [0, 0.1) is 28.6 Å². The zero-order valence-corrected chi connectivity index (χ0v) is 19.2. The third-order valence-corrected chi connectivity index (χ3v) is 7.56. The molecule has 0 atom stereocenters. The number of esters is 1. The van der Waals surface area contributed by atoms with Gasteiger partial charge in [0.1, 0.15) is 6.10 Å². The lowest BCUT2D eigenvalue weighted by molar-refractivity contribution is -0.157. The molecule has 3 heteroatoms. The van der Waals surface area contributed by atoms with E-state index in [1.165, 1.54) is 64.2 Å². The van der Waals surface area contributed by atoms with E-state index in [-0.39, 0.29) is 23.4 Å². The SMILES string of the molecule is CCCCCCC1CCC(OC(=O)[C@H]2CC[C@@](C#N)(CCCCCC)CC2)CC1. The van der Waals surface area contributed by atoms with Crippen LogP contribution >= 0.6 is 0 Å². The lowest BCUT2D eigenvalue weighted by Gasteiger charge is -2.35. The van der Waals surface area contributed by atoms with Crippen molar-refractivity contribution in [3.63, 3.8) is 0 Å². The number of rotatable bonds is 12. The quantitative estimate of drug-likeness (QED) is 0.247. The largest absolute Gasteiger partial charge is 0.462 e. The van der Waals surface area contributed by atoms with Gasteiger partial charge in [0.25, 0.3) is 0 Å². The average molecular weight is 404 g/mol. The van der Waals surface area contributed by atoms with E-state index in [9.17, 15) is 10.1 Å². The molecule has 29 heavy (non-hydrogen) atoms. The van der Waals surface area contributed by atoms with Crippen LogP contribution in [0.4, 0.5) is 0 Å². The molecule has 0 radical (unpaired) electrons. The second-order valence-electron chi connectivity index (χ2n) is 9.91. The number of nitrogens with zero attached hydrogens (tertiary/aromatic N) is 1. The molecule has 2 aliphatic carbocycles. The number of ether oxygens (including phenoxy) is 1. The van der Waals surface area contributed by atoms with Crippen LogP contribution in [0.25, 0.3) is 0 Å². The molecule has 0 aromatic heterocycles. The number of hydrogen-bond donors (Lipinski definition) is 0. The van der Waals surface area contributed by atoms with E-state index in [1.807, 2.05) is 0 Å². The normalized spacial score (nSPS) is 29.9. The average Bonchev–Trinajstić information content (AvgIpc) is 2.76. The standard InChI is InChI=1S/C26H45NO2/c1-3-5-7-9-11-22-12-14-24(15-13-22)29-25(28)23-16-19-26(21-27,20-17-23)18-10-8-6-4-2/h22-24H,3-20H2,1-2H3/t22?,23-,24?,26-. The minimum absolute atomic E-state index is 0.0221. The maximum atomic E-state index is 12.7. The lowest BCUT2D eigenvalue weighted by atomic mass is 9.69. The smallest absolute Gasteiger partial charge is 0.309 e. The summed E-state index contributed by atoms with van der Waals surface area (Å²) in [4.78, 5) is 12.7. The van der Waals surface area contributed by atoms with Gasteiger partial charge in [0.15, 0.2) is 0 Å². The Labute approximate surface area is 180 Å². The minimum atomic E-state index is -0.180. The number of unbranched alkanes of at least 4 members (excludes halogenated alkanes) is 6. The van der Waals surface area contributed by atoms with Crippen LogP contribution in [0.2, 0.25) is 0 Å². The summed E-state index contributed by atoms with van der Waals surface area (Å²) in [6, 6.07) is 2.61. The molecule has 0 aromatic carbocycles. The molecule has 0 amide bonds. The Hall–Kier alpha value is -1.04. The summed E-state index contributed by atoms with van der Waals surface area (Å²) < 4.78 is 5.92. The van der Waals surface area contributed by atoms with Crippen molar-refractivity contribution in [2.24, 2.45) is 17.3 Å². The van der Waals surface area contributed by atoms with Crippen molar-refractivity contribution in [3.05, 3.63) is 0 Å². The summed E-state index contributed by atoms with van der Waals surface area (Å²) in [5.74, 6) is 0.897. The van der Waals surface area contributed by atoms with E-state index < -0.39 is 0 Å². The number of carbonyl (C=O) groups is 1. The first-order chi connectivity index (χ1) is 14.1. The van der Waals surface area contributed by atoms with Crippen LogP contribution in [0.5, 0.6) is 0 Å². The van der Waals surface area contributed by atoms with Crippen molar-refractivity contribution >= 4 is 5.97 Å². The highest BCUT2D eigenvalue weighted by atomic mass is 16.5. The first-order valence-electron chi connectivity index (χ1n) is 12.7. The van der Waals surface area contributed by atoms with Gasteiger partial charge in [-0.05, 0) is 63.7 Å². The summed E-state index contributed by atoms with van der Waals surface area (Å²) in [5.41, 5.74) is -0.180. The maximum Gasteiger partial charge on any atom is 0.309 e. The van der Waals surface area contributed by atoms with Crippen LogP contribution in [0.15, 0.2) is 0 Å². The van der Waals surface area contributed by atoms with Crippen LogP contribution in [-0.2, 0) is 9.53 Å². The molecule has 0 saturated heterocycles. The molecule has 0 heterocycles. The third kappa shape index (κ3) is 8.31. The van der Waals surface area contributed by atoms with E-state index in [1.54, 1.807) is 0 Å². The fourth-order valence-electron chi connectivity index (χ4n) is 5.37. The van der Waals surface area contributed by atoms with Crippen LogP contribution < -0.4 is 0 Å². The van der Waals surface area contributed by atoms with Crippen molar-refractivity contribution in [2.45, 2.75) is 136 Å². The molecule has 2 saturated carbocycles. The van der Waals surface area contributed by atoms with Crippen molar-refractivity contribution in [1.82, 2.24) is 0 Å². The summed E-state index contributed by atoms with van der Waals surface area (Å²) in [5, 5.41) is 9.73. The van der Waals surface area contributed by atoms with E-state index >= 15 is 0 Å². The topological polar surface area (TPSA) is 50.1 Å². The van der Waals surface area contributed by atoms with Gasteiger partial charge in [-0.1, -0.05) is 71.6 Å². The Bertz CT molecular complexity index is 493. The van der Waals surface area contributed by atoms with Gasteiger partial charge in [0.2, 0.25) is 0 Å². The number of hydrogen-bond acceptors (Lipinski definition) is 3. The van der Waals surface area contributed by atoms with Gasteiger partial charge in [-0.15, -0.1) is 0 Å². The van der Waals surface area contributed by atoms with Crippen LogP contribution in [-0.4, -0.2) is 12.1 Å². The van der Waals surface area contributed by atoms with E-state index in [2.05, 4.69) is 19.9 Å².